The number of amidine groups is 1. The van der Waals surface area contributed by atoms with Gasteiger partial charge in [-0.1, -0.05) is 29.3 Å². The topological polar surface area (TPSA) is 82.9 Å². The number of aliphatic hydroxyl groups is 1. The molecule has 8 heteroatoms. The van der Waals surface area contributed by atoms with Crippen molar-refractivity contribution in [3.63, 3.8) is 0 Å². The average Bonchev–Trinajstić information content (AvgIpc) is 3.49. The van der Waals surface area contributed by atoms with Crippen molar-refractivity contribution in [3.05, 3.63) is 51.6 Å². The van der Waals surface area contributed by atoms with Crippen molar-refractivity contribution in [3.8, 4) is 11.8 Å². The van der Waals surface area contributed by atoms with Crippen LogP contribution in [0.2, 0.25) is 5.02 Å². The minimum absolute atomic E-state index is 0.235. The molecule has 2 N–H and O–H groups in total. The molecule has 2 aromatic rings. The van der Waals surface area contributed by atoms with Gasteiger partial charge in [0, 0.05) is 31.3 Å². The number of piperidine rings is 1. The van der Waals surface area contributed by atoms with E-state index in [9.17, 15) is 5.11 Å². The molecule has 0 spiro atoms. The Hall–Kier alpha value is -2.90. The molecule has 1 saturated heterocycles. The second kappa shape index (κ2) is 9.28. The molecule has 0 amide bonds. The van der Waals surface area contributed by atoms with Gasteiger partial charge in [0.1, 0.15) is 23.2 Å². The van der Waals surface area contributed by atoms with E-state index < -0.39 is 0 Å². The van der Waals surface area contributed by atoms with Crippen LogP contribution in [0, 0.1) is 11.8 Å². The summed E-state index contributed by atoms with van der Waals surface area (Å²) in [6, 6.07) is 6.16. The molecule has 3 heterocycles. The molecule has 1 saturated carbocycles. The van der Waals surface area contributed by atoms with Gasteiger partial charge >= 0.3 is 6.01 Å². The molecular weight excluding hydrogens is 462 g/mol. The van der Waals surface area contributed by atoms with Crippen LogP contribution >= 0.6 is 11.6 Å². The third-order valence-corrected chi connectivity index (χ3v) is 7.69. The van der Waals surface area contributed by atoms with Crippen molar-refractivity contribution >= 4 is 35.1 Å². The first-order valence-electron chi connectivity index (χ1n) is 12.5. The molecule has 182 valence electrons. The van der Waals surface area contributed by atoms with Crippen LogP contribution in [-0.4, -0.2) is 47.2 Å². The molecule has 1 aromatic heterocycles. The lowest BCUT2D eigenvalue weighted by atomic mass is 9.98. The van der Waals surface area contributed by atoms with E-state index in [1.54, 1.807) is 0 Å². The summed E-state index contributed by atoms with van der Waals surface area (Å²) in [6.07, 6.45) is 9.58. The molecule has 0 unspecified atom stereocenters. The van der Waals surface area contributed by atoms with Crippen LogP contribution < -0.4 is 15.0 Å². The maximum Gasteiger partial charge on any atom is 0.325 e. The fourth-order valence-corrected chi connectivity index (χ4v) is 5.36. The minimum atomic E-state index is 0.235. The van der Waals surface area contributed by atoms with Gasteiger partial charge in [-0.25, -0.2) is 0 Å². The van der Waals surface area contributed by atoms with E-state index in [1.165, 1.54) is 29.6 Å². The van der Waals surface area contributed by atoms with Crippen molar-refractivity contribution < 1.29 is 9.84 Å². The number of aromatic nitrogens is 2. The highest BCUT2D eigenvalue weighted by atomic mass is 35.5. The number of aliphatic hydroxyl groups excluding tert-OH is 1. The van der Waals surface area contributed by atoms with Crippen LogP contribution in [0.25, 0.3) is 6.08 Å². The fraction of sp³-hybridized carbons (Fsp3) is 0.444. The van der Waals surface area contributed by atoms with E-state index >= 15 is 0 Å². The molecular formula is C27H30ClN5O2. The maximum atomic E-state index is 9.52. The van der Waals surface area contributed by atoms with Gasteiger partial charge in [-0.15, -0.1) is 0 Å². The lowest BCUT2D eigenvalue weighted by molar-refractivity contribution is 0.202. The Kier molecular flexibility index (Phi) is 5.98. The second-order valence-corrected chi connectivity index (χ2v) is 10.4. The highest BCUT2D eigenvalue weighted by molar-refractivity contribution is 6.33. The summed E-state index contributed by atoms with van der Waals surface area (Å²) in [5.74, 6) is 3.87. The van der Waals surface area contributed by atoms with E-state index in [-0.39, 0.29) is 12.6 Å². The van der Waals surface area contributed by atoms with E-state index in [4.69, 9.17) is 21.3 Å². The lowest BCUT2D eigenvalue weighted by Crippen LogP contribution is -2.35. The third-order valence-electron chi connectivity index (χ3n) is 7.30. The Bertz CT molecular complexity index is 1240. The quantitative estimate of drug-likeness (QED) is 0.574. The number of hydrogen-bond acceptors (Lipinski definition) is 7. The van der Waals surface area contributed by atoms with Gasteiger partial charge in [0.25, 0.3) is 0 Å². The van der Waals surface area contributed by atoms with Gasteiger partial charge in [0.2, 0.25) is 0 Å². The zero-order valence-electron chi connectivity index (χ0n) is 19.9. The molecule has 2 fully saturated rings. The molecule has 4 aliphatic rings. The number of fused-ring (bicyclic) bond motifs is 1. The van der Waals surface area contributed by atoms with E-state index in [0.717, 1.165) is 56.1 Å². The largest absolute Gasteiger partial charge is 0.423 e. The normalized spacial score (nSPS) is 19.9. The molecule has 2 aliphatic heterocycles. The number of ether oxygens (including phenoxy) is 1. The second-order valence-electron chi connectivity index (χ2n) is 10.0. The van der Waals surface area contributed by atoms with Crippen LogP contribution in [0.4, 0.5) is 11.6 Å². The van der Waals surface area contributed by atoms with Gasteiger partial charge in [-0.2, -0.15) is 9.97 Å². The van der Waals surface area contributed by atoms with Crippen molar-refractivity contribution in [1.82, 2.24) is 9.97 Å². The van der Waals surface area contributed by atoms with Crippen LogP contribution in [0.5, 0.6) is 11.8 Å². The predicted molar refractivity (Wildman–Crippen MR) is 140 cm³/mol. The fourth-order valence-electron chi connectivity index (χ4n) is 5.08. The number of halogens is 1. The van der Waals surface area contributed by atoms with Crippen molar-refractivity contribution in [2.75, 3.05) is 36.5 Å². The zero-order chi connectivity index (χ0) is 23.9. The van der Waals surface area contributed by atoms with Crippen LogP contribution in [0.3, 0.4) is 0 Å². The van der Waals surface area contributed by atoms with Gasteiger partial charge in [-0.05, 0) is 74.1 Å². The summed E-state index contributed by atoms with van der Waals surface area (Å²) >= 11 is 6.72. The van der Waals surface area contributed by atoms with Crippen LogP contribution in [0.1, 0.15) is 43.7 Å². The number of nitrogens with one attached hydrogen (secondary N) is 1. The summed E-state index contributed by atoms with van der Waals surface area (Å²) in [4.78, 5) is 16.3. The first kappa shape index (κ1) is 22.6. The average molecular weight is 492 g/mol. The number of hydrogen-bond donors (Lipinski definition) is 2. The number of aliphatic imine (C=N–C) groups is 1. The third kappa shape index (κ3) is 4.80. The van der Waals surface area contributed by atoms with E-state index in [0.29, 0.717) is 28.4 Å². The standard InChI is InChI=1S/C27H30ClN5O2/c1-16-10-19-4-5-22(26(28)21(19)11-16)35-27-31-24(30-23-12-20(14-29-23)18-2-3-18)13-25(32-27)33-8-6-17(15-34)7-9-33/h4-5,11-13,17-18,34H,2-3,6-10,14-15H2,1H3,(H,29,30,31,32). The smallest absolute Gasteiger partial charge is 0.325 e. The molecule has 0 bridgehead atoms. The molecule has 0 radical (unpaired) electrons. The summed E-state index contributed by atoms with van der Waals surface area (Å²) in [7, 11) is 0. The number of allylic oxidation sites excluding steroid dienone is 1. The van der Waals surface area contributed by atoms with Crippen LogP contribution in [-0.2, 0) is 6.42 Å². The molecule has 35 heavy (non-hydrogen) atoms. The minimum Gasteiger partial charge on any atom is -0.423 e. The Labute approximate surface area is 210 Å². The predicted octanol–water partition coefficient (Wildman–Crippen LogP) is 5.25. The van der Waals surface area contributed by atoms with Crippen molar-refractivity contribution in [2.45, 2.75) is 39.0 Å². The van der Waals surface area contributed by atoms with Crippen molar-refractivity contribution in [2.24, 2.45) is 16.8 Å². The van der Waals surface area contributed by atoms with Gasteiger partial charge in [0.15, 0.2) is 0 Å². The number of rotatable bonds is 6. The summed E-state index contributed by atoms with van der Waals surface area (Å²) in [6.45, 7) is 4.77. The van der Waals surface area contributed by atoms with Crippen LogP contribution in [0.15, 0.2) is 40.4 Å². The van der Waals surface area contributed by atoms with Gasteiger partial charge < -0.3 is 20.1 Å². The molecule has 7 nitrogen and oxygen atoms in total. The first-order valence-corrected chi connectivity index (χ1v) is 12.9. The summed E-state index contributed by atoms with van der Waals surface area (Å²) in [5, 5.41) is 13.5. The number of benzene rings is 1. The maximum absolute atomic E-state index is 9.52. The molecule has 2 aliphatic carbocycles. The zero-order valence-corrected chi connectivity index (χ0v) is 20.7. The van der Waals surface area contributed by atoms with E-state index in [1.807, 2.05) is 12.1 Å². The summed E-state index contributed by atoms with van der Waals surface area (Å²) in [5.41, 5.74) is 4.91. The van der Waals surface area contributed by atoms with Gasteiger partial charge in [-0.3, -0.25) is 4.99 Å². The Morgan fingerprint density at radius 1 is 1.14 bits per heavy atom. The highest BCUT2D eigenvalue weighted by Gasteiger charge is 2.28. The Balaban J connectivity index is 1.29. The van der Waals surface area contributed by atoms with E-state index in [2.05, 4.69) is 45.3 Å². The molecule has 0 atom stereocenters. The Morgan fingerprint density at radius 3 is 2.74 bits per heavy atom. The number of nitrogens with zero attached hydrogens (tertiary/aromatic N) is 4. The van der Waals surface area contributed by atoms with Gasteiger partial charge in [0.05, 0.1) is 11.6 Å². The highest BCUT2D eigenvalue weighted by Crippen LogP contribution is 2.40. The first-order chi connectivity index (χ1) is 17.1. The lowest BCUT2D eigenvalue weighted by Gasteiger charge is -2.32. The Morgan fingerprint density at radius 2 is 1.97 bits per heavy atom. The molecule has 6 rings (SSSR count). The number of anilines is 2. The monoisotopic (exact) mass is 491 g/mol. The van der Waals surface area contributed by atoms with Crippen molar-refractivity contribution in [1.29, 1.82) is 0 Å². The molecule has 1 aromatic carbocycles. The summed E-state index contributed by atoms with van der Waals surface area (Å²) < 4.78 is 6.17. The SMILES string of the molecule is CC1=Cc2c(ccc(Oc3nc(NC4=NCC(C5CC5)=C4)cc(N4CCC(CO)CC4)n3)c2Cl)C1.